The average molecular weight is 279 g/mol. The Morgan fingerprint density at radius 1 is 1.41 bits per heavy atom. The molecule has 17 heavy (non-hydrogen) atoms. The van der Waals surface area contributed by atoms with Gasteiger partial charge in [-0.25, -0.2) is 8.42 Å². The molecule has 0 saturated carbocycles. The second-order valence-corrected chi connectivity index (χ2v) is 6.33. The predicted molar refractivity (Wildman–Crippen MR) is 61.8 cm³/mol. The van der Waals surface area contributed by atoms with E-state index in [2.05, 4.69) is 0 Å². The molecule has 1 aliphatic rings. The smallest absolute Gasteiger partial charge is 0.236 e. The van der Waals surface area contributed by atoms with Crippen LogP contribution < -0.4 is 9.47 Å². The van der Waals surface area contributed by atoms with Gasteiger partial charge in [0.15, 0.2) is 11.5 Å². The van der Waals surface area contributed by atoms with Gasteiger partial charge in [0, 0.05) is 23.4 Å². The molecular weight excluding hydrogens is 268 g/mol. The highest BCUT2D eigenvalue weighted by atomic mass is 35.7. The molecule has 0 bridgehead atoms. The van der Waals surface area contributed by atoms with Gasteiger partial charge in [-0.1, -0.05) is 6.07 Å². The predicted octanol–water partition coefficient (Wildman–Crippen LogP) is 1.63. The van der Waals surface area contributed by atoms with Crippen LogP contribution in [0.5, 0.6) is 11.5 Å². The minimum atomic E-state index is -3.62. The van der Waals surface area contributed by atoms with Gasteiger partial charge in [0.1, 0.15) is 0 Å². The van der Waals surface area contributed by atoms with E-state index in [0.717, 1.165) is 0 Å². The molecule has 0 saturated heterocycles. The van der Waals surface area contributed by atoms with E-state index < -0.39 is 9.05 Å². The number of ether oxygens (including phenoxy) is 3. The first-order chi connectivity index (χ1) is 8.01. The maximum atomic E-state index is 11.1. The molecule has 1 aromatic rings. The molecule has 0 fully saturated rings. The Hall–Kier alpha value is -0.980. The molecular formula is C10H11ClO5S. The summed E-state index contributed by atoms with van der Waals surface area (Å²) in [6.45, 7) is 0.372. The maximum Gasteiger partial charge on any atom is 0.236 e. The summed E-state index contributed by atoms with van der Waals surface area (Å²) in [6.07, 6.45) is 0. The van der Waals surface area contributed by atoms with Gasteiger partial charge in [-0.05, 0) is 11.6 Å². The van der Waals surface area contributed by atoms with Crippen molar-refractivity contribution in [1.82, 2.24) is 0 Å². The Balaban J connectivity index is 2.45. The Labute approximate surface area is 104 Å². The first-order valence-electron chi connectivity index (χ1n) is 4.83. The molecule has 1 aliphatic heterocycles. The van der Waals surface area contributed by atoms with Gasteiger partial charge in [0.05, 0.1) is 12.4 Å². The summed E-state index contributed by atoms with van der Waals surface area (Å²) >= 11 is 0. The monoisotopic (exact) mass is 278 g/mol. The number of halogens is 1. The summed E-state index contributed by atoms with van der Waals surface area (Å²) in [7, 11) is 3.16. The van der Waals surface area contributed by atoms with Crippen LogP contribution in [0.15, 0.2) is 12.1 Å². The second kappa shape index (κ2) is 4.72. The van der Waals surface area contributed by atoms with Crippen molar-refractivity contribution in [3.63, 3.8) is 0 Å². The third kappa shape index (κ3) is 2.83. The first kappa shape index (κ1) is 12.5. The molecule has 0 aromatic heterocycles. The van der Waals surface area contributed by atoms with Crippen molar-refractivity contribution < 1.29 is 22.6 Å². The summed E-state index contributed by atoms with van der Waals surface area (Å²) in [4.78, 5) is 0. The molecule has 0 spiro atoms. The number of hydrogen-bond acceptors (Lipinski definition) is 5. The highest BCUT2D eigenvalue weighted by Crippen LogP contribution is 2.38. The fourth-order valence-electron chi connectivity index (χ4n) is 1.69. The molecule has 0 amide bonds. The van der Waals surface area contributed by atoms with Gasteiger partial charge >= 0.3 is 0 Å². The van der Waals surface area contributed by atoms with Crippen molar-refractivity contribution in [3.8, 4) is 11.5 Å². The van der Waals surface area contributed by atoms with Crippen LogP contribution in [0.1, 0.15) is 11.1 Å². The summed E-state index contributed by atoms with van der Waals surface area (Å²) < 4.78 is 37.8. The lowest BCUT2D eigenvalue weighted by atomic mass is 10.1. The Morgan fingerprint density at radius 2 is 2.18 bits per heavy atom. The average Bonchev–Trinajstić information content (AvgIpc) is 2.67. The van der Waals surface area contributed by atoms with E-state index in [1.807, 2.05) is 0 Å². The van der Waals surface area contributed by atoms with Crippen LogP contribution in [0.25, 0.3) is 0 Å². The van der Waals surface area contributed by atoms with Gasteiger partial charge in [-0.2, -0.15) is 0 Å². The van der Waals surface area contributed by atoms with Crippen LogP contribution in [0.4, 0.5) is 0 Å². The number of methoxy groups -OCH3 is 1. The minimum Gasteiger partial charge on any atom is -0.454 e. The zero-order valence-electron chi connectivity index (χ0n) is 9.10. The Kier molecular flexibility index (Phi) is 3.46. The van der Waals surface area contributed by atoms with Gasteiger partial charge < -0.3 is 14.2 Å². The summed E-state index contributed by atoms with van der Waals surface area (Å²) in [5.74, 6) is 0.863. The molecule has 5 nitrogen and oxygen atoms in total. The van der Waals surface area contributed by atoms with Crippen molar-refractivity contribution in [2.75, 3.05) is 13.9 Å². The number of rotatable bonds is 4. The van der Waals surface area contributed by atoms with E-state index >= 15 is 0 Å². The summed E-state index contributed by atoms with van der Waals surface area (Å²) in [5.41, 5.74) is 1.22. The highest BCUT2D eigenvalue weighted by molar-refractivity contribution is 8.13. The lowest BCUT2D eigenvalue weighted by molar-refractivity contribution is 0.162. The first-order valence-corrected chi connectivity index (χ1v) is 7.31. The molecule has 7 heteroatoms. The highest BCUT2D eigenvalue weighted by Gasteiger charge is 2.22. The molecule has 0 aliphatic carbocycles. The number of benzene rings is 1. The van der Waals surface area contributed by atoms with Gasteiger partial charge in [-0.3, -0.25) is 0 Å². The molecule has 1 aromatic carbocycles. The summed E-state index contributed by atoms with van der Waals surface area (Å²) in [6, 6.07) is 3.32. The summed E-state index contributed by atoms with van der Waals surface area (Å²) in [5, 5.41) is 0. The third-order valence-corrected chi connectivity index (χ3v) is 3.34. The standard InChI is InChI=1S/C10H11ClO5S/c1-14-4-8-7(5-17(11,12)13)2-3-9-10(8)16-6-15-9/h2-3H,4-6H2,1H3. The Bertz CT molecular complexity index is 526. The fraction of sp³-hybridized carbons (Fsp3) is 0.400. The van der Waals surface area contributed by atoms with Gasteiger partial charge in [0.25, 0.3) is 0 Å². The minimum absolute atomic E-state index is 0.128. The number of hydrogen-bond donors (Lipinski definition) is 0. The van der Waals surface area contributed by atoms with Gasteiger partial charge in [0.2, 0.25) is 15.8 Å². The SMILES string of the molecule is COCc1c(CS(=O)(=O)Cl)ccc2c1OCO2. The van der Waals surface area contributed by atoms with E-state index in [1.165, 1.54) is 7.11 Å². The van der Waals surface area contributed by atoms with E-state index in [0.29, 0.717) is 22.6 Å². The quantitative estimate of drug-likeness (QED) is 0.784. The van der Waals surface area contributed by atoms with Gasteiger partial charge in [-0.15, -0.1) is 0 Å². The molecule has 94 valence electrons. The topological polar surface area (TPSA) is 61.8 Å². The second-order valence-electron chi connectivity index (χ2n) is 3.55. The van der Waals surface area contributed by atoms with Crippen LogP contribution in [0, 0.1) is 0 Å². The number of fused-ring (bicyclic) bond motifs is 1. The molecule has 0 atom stereocenters. The van der Waals surface area contributed by atoms with E-state index in [1.54, 1.807) is 12.1 Å². The molecule has 2 rings (SSSR count). The van der Waals surface area contributed by atoms with Crippen LogP contribution in [-0.4, -0.2) is 22.3 Å². The van der Waals surface area contributed by atoms with Crippen molar-refractivity contribution in [2.45, 2.75) is 12.4 Å². The normalized spacial score (nSPS) is 14.0. The lowest BCUT2D eigenvalue weighted by Gasteiger charge is -2.10. The van der Waals surface area contributed by atoms with Crippen LogP contribution in [0.2, 0.25) is 0 Å². The molecule has 1 heterocycles. The van der Waals surface area contributed by atoms with Crippen LogP contribution >= 0.6 is 10.7 Å². The third-order valence-electron chi connectivity index (χ3n) is 2.36. The van der Waals surface area contributed by atoms with E-state index in [9.17, 15) is 8.42 Å². The van der Waals surface area contributed by atoms with E-state index in [4.69, 9.17) is 24.9 Å². The maximum absolute atomic E-state index is 11.1. The zero-order valence-corrected chi connectivity index (χ0v) is 10.7. The van der Waals surface area contributed by atoms with Crippen molar-refractivity contribution in [2.24, 2.45) is 0 Å². The van der Waals surface area contributed by atoms with Crippen molar-refractivity contribution >= 4 is 19.7 Å². The Morgan fingerprint density at radius 3 is 2.82 bits per heavy atom. The molecule has 0 N–H and O–H groups in total. The van der Waals surface area contributed by atoms with Crippen molar-refractivity contribution in [1.29, 1.82) is 0 Å². The van der Waals surface area contributed by atoms with E-state index in [-0.39, 0.29) is 19.2 Å². The molecule has 0 unspecified atom stereocenters. The zero-order chi connectivity index (χ0) is 12.5. The van der Waals surface area contributed by atoms with Crippen molar-refractivity contribution in [3.05, 3.63) is 23.3 Å². The largest absolute Gasteiger partial charge is 0.454 e. The fourth-order valence-corrected chi connectivity index (χ4v) is 2.69. The van der Waals surface area contributed by atoms with Crippen LogP contribution in [-0.2, 0) is 26.1 Å². The molecule has 0 radical (unpaired) electrons. The van der Waals surface area contributed by atoms with Crippen LogP contribution in [0.3, 0.4) is 0 Å². The lowest BCUT2D eigenvalue weighted by Crippen LogP contribution is -2.02.